The number of amides is 1. The Bertz CT molecular complexity index is 1190. The number of carbonyl (C=O) groups is 1. The van der Waals surface area contributed by atoms with E-state index in [1.807, 2.05) is 30.3 Å². The fourth-order valence-electron chi connectivity index (χ4n) is 4.47. The number of ether oxygens (including phenoxy) is 1. The van der Waals surface area contributed by atoms with Crippen LogP contribution in [0.2, 0.25) is 10.0 Å². The second-order valence-electron chi connectivity index (χ2n) is 9.34. The molecule has 0 bridgehead atoms. The summed E-state index contributed by atoms with van der Waals surface area (Å²) < 4.78 is 5.89. The van der Waals surface area contributed by atoms with Crippen LogP contribution in [0, 0.1) is 0 Å². The lowest BCUT2D eigenvalue weighted by Crippen LogP contribution is -2.46. The molecule has 0 radical (unpaired) electrons. The maximum Gasteiger partial charge on any atom is 0.224 e. The molecule has 1 fully saturated rings. The summed E-state index contributed by atoms with van der Waals surface area (Å²) in [5.74, 6) is 1.24. The molecule has 3 aromatic carbocycles. The maximum atomic E-state index is 11.5. The van der Waals surface area contributed by atoms with Gasteiger partial charge in [-0.2, -0.15) is 0 Å². The van der Waals surface area contributed by atoms with Crippen LogP contribution in [-0.2, 0) is 11.2 Å². The van der Waals surface area contributed by atoms with Crippen molar-refractivity contribution in [3.05, 3.63) is 76.3 Å². The quantitative estimate of drug-likeness (QED) is 0.245. The van der Waals surface area contributed by atoms with Gasteiger partial charge in [0.1, 0.15) is 17.2 Å². The van der Waals surface area contributed by atoms with Crippen molar-refractivity contribution in [3.8, 4) is 17.2 Å². The largest absolute Gasteiger partial charge is 0.508 e. The molecule has 3 N–H and O–H groups in total. The Labute approximate surface area is 233 Å². The monoisotopic (exact) mass is 557 g/mol. The van der Waals surface area contributed by atoms with E-state index in [9.17, 15) is 4.79 Å². The number of nitrogens with one attached hydrogen (secondary N) is 1. The Morgan fingerprint density at radius 1 is 0.868 bits per heavy atom. The van der Waals surface area contributed by atoms with E-state index >= 15 is 0 Å². The maximum absolute atomic E-state index is 11.5. The minimum atomic E-state index is 0.0809. The number of piperazine rings is 1. The number of hydrogen-bond acceptors (Lipinski definition) is 6. The van der Waals surface area contributed by atoms with E-state index in [0.717, 1.165) is 69.1 Å². The zero-order chi connectivity index (χ0) is 26.9. The van der Waals surface area contributed by atoms with Crippen molar-refractivity contribution >= 4 is 40.5 Å². The Morgan fingerprint density at radius 2 is 1.58 bits per heavy atom. The van der Waals surface area contributed by atoms with E-state index in [1.165, 1.54) is 29.8 Å². The van der Waals surface area contributed by atoms with Crippen LogP contribution in [0.3, 0.4) is 0 Å². The van der Waals surface area contributed by atoms with Gasteiger partial charge in [-0.25, -0.2) is 0 Å². The smallest absolute Gasteiger partial charge is 0.224 e. The van der Waals surface area contributed by atoms with E-state index in [2.05, 4.69) is 21.2 Å². The van der Waals surface area contributed by atoms with Gasteiger partial charge in [-0.3, -0.25) is 9.69 Å². The number of phenolic OH excluding ortho intramolecular Hbond substituents is 2. The highest BCUT2D eigenvalue weighted by Gasteiger charge is 2.19. The van der Waals surface area contributed by atoms with Crippen LogP contribution in [0.5, 0.6) is 17.2 Å². The fourth-order valence-corrected chi connectivity index (χ4v) is 4.88. The molecule has 0 aromatic heterocycles. The summed E-state index contributed by atoms with van der Waals surface area (Å²) in [5, 5.41) is 21.5. The Kier molecular flexibility index (Phi) is 9.98. The molecule has 0 saturated carbocycles. The van der Waals surface area contributed by atoms with Crippen LogP contribution in [-0.4, -0.2) is 60.4 Å². The van der Waals surface area contributed by atoms with Crippen LogP contribution in [0.15, 0.2) is 60.7 Å². The number of aromatic hydroxyl groups is 2. The topological polar surface area (TPSA) is 85.3 Å². The lowest BCUT2D eigenvalue weighted by molar-refractivity contribution is -0.116. The van der Waals surface area contributed by atoms with Crippen molar-refractivity contribution in [1.29, 1.82) is 0 Å². The normalized spacial score (nSPS) is 15.2. The number of unbranched alkanes of at least 4 members (excludes halogenated alkanes) is 1. The van der Waals surface area contributed by atoms with Gasteiger partial charge in [-0.05, 0) is 73.8 Å². The van der Waals surface area contributed by atoms with Gasteiger partial charge >= 0.3 is 0 Å². The van der Waals surface area contributed by atoms with E-state index < -0.39 is 0 Å². The third kappa shape index (κ3) is 7.93. The average Bonchev–Trinajstić information content (AvgIpc) is 2.92. The van der Waals surface area contributed by atoms with Crippen LogP contribution < -0.4 is 15.0 Å². The van der Waals surface area contributed by atoms with Gasteiger partial charge in [-0.1, -0.05) is 35.3 Å². The summed E-state index contributed by atoms with van der Waals surface area (Å²) in [6.45, 7) is 5.71. The lowest BCUT2D eigenvalue weighted by Gasteiger charge is -2.36. The molecule has 0 spiro atoms. The van der Waals surface area contributed by atoms with Crippen molar-refractivity contribution in [3.63, 3.8) is 0 Å². The number of nitrogens with zero attached hydrogens (tertiary/aromatic N) is 2. The molecule has 2 aliphatic heterocycles. The van der Waals surface area contributed by atoms with Gasteiger partial charge in [0.05, 0.1) is 22.3 Å². The fraction of sp³-hybridized carbons (Fsp3) is 0.345. The number of phenols is 2. The summed E-state index contributed by atoms with van der Waals surface area (Å²) in [7, 11) is 0. The van der Waals surface area contributed by atoms with Crippen molar-refractivity contribution in [2.75, 3.05) is 49.5 Å². The molecule has 38 heavy (non-hydrogen) atoms. The molecule has 1 saturated heterocycles. The highest BCUT2D eigenvalue weighted by Crippen LogP contribution is 2.33. The summed E-state index contributed by atoms with van der Waals surface area (Å²) in [6.07, 6.45) is 3.47. The zero-order valence-electron chi connectivity index (χ0n) is 21.2. The first-order valence-corrected chi connectivity index (χ1v) is 13.6. The molecule has 9 heteroatoms. The third-order valence-electron chi connectivity index (χ3n) is 6.61. The molecule has 1 amide bonds. The number of anilines is 2. The number of fused-ring (bicyclic) bond motifs is 1. The highest BCUT2D eigenvalue weighted by molar-refractivity contribution is 6.43. The molecule has 7 nitrogen and oxygen atoms in total. The van der Waals surface area contributed by atoms with E-state index in [-0.39, 0.29) is 17.4 Å². The van der Waals surface area contributed by atoms with E-state index in [4.69, 9.17) is 38.2 Å². The van der Waals surface area contributed by atoms with Crippen LogP contribution in [0.1, 0.15) is 24.8 Å². The predicted molar refractivity (Wildman–Crippen MR) is 153 cm³/mol. The van der Waals surface area contributed by atoms with Gasteiger partial charge in [0.2, 0.25) is 5.91 Å². The number of rotatable bonds is 7. The summed E-state index contributed by atoms with van der Waals surface area (Å²) >= 11 is 12.5. The van der Waals surface area contributed by atoms with Crippen molar-refractivity contribution in [1.82, 2.24) is 4.90 Å². The minimum absolute atomic E-state index is 0.0809. The molecular formula is C29H33Cl2N3O4. The second-order valence-corrected chi connectivity index (χ2v) is 10.1. The molecule has 0 unspecified atom stereocenters. The summed E-state index contributed by atoms with van der Waals surface area (Å²) in [5.41, 5.74) is 3.10. The number of hydrogen-bond donors (Lipinski definition) is 3. The minimum Gasteiger partial charge on any atom is -0.508 e. The first kappa shape index (κ1) is 27.9. The van der Waals surface area contributed by atoms with Gasteiger partial charge in [0.15, 0.2) is 0 Å². The molecule has 0 aliphatic carbocycles. The van der Waals surface area contributed by atoms with E-state index in [1.54, 1.807) is 0 Å². The number of benzene rings is 3. The van der Waals surface area contributed by atoms with Crippen LogP contribution >= 0.6 is 23.2 Å². The SMILES string of the molecule is O=C1CCc2ccc(OCCCCN3CCN(c4cccc(Cl)c4Cl)CC3)cc2N1.Oc1ccc(O)cc1. The molecule has 3 aromatic rings. The third-order valence-corrected chi connectivity index (χ3v) is 7.42. The number of carbonyl (C=O) groups excluding carboxylic acids is 1. The molecule has 202 valence electrons. The van der Waals surface area contributed by atoms with Crippen LogP contribution in [0.4, 0.5) is 11.4 Å². The first-order chi connectivity index (χ1) is 18.4. The number of aryl methyl sites for hydroxylation is 1. The van der Waals surface area contributed by atoms with Gasteiger partial charge < -0.3 is 25.2 Å². The lowest BCUT2D eigenvalue weighted by atomic mass is 10.0. The average molecular weight is 559 g/mol. The zero-order valence-corrected chi connectivity index (χ0v) is 22.7. The molecule has 2 heterocycles. The Balaban J connectivity index is 0.000000360. The summed E-state index contributed by atoms with van der Waals surface area (Å²) in [4.78, 5) is 16.3. The van der Waals surface area contributed by atoms with E-state index in [0.29, 0.717) is 23.1 Å². The van der Waals surface area contributed by atoms with Gasteiger partial charge in [0, 0.05) is 44.4 Å². The van der Waals surface area contributed by atoms with Crippen molar-refractivity contribution in [2.45, 2.75) is 25.7 Å². The predicted octanol–water partition coefficient (Wildman–Crippen LogP) is 5.96. The molecular weight excluding hydrogens is 525 g/mol. The van der Waals surface area contributed by atoms with Crippen molar-refractivity contribution < 1.29 is 19.7 Å². The molecule has 2 aliphatic rings. The van der Waals surface area contributed by atoms with Crippen molar-refractivity contribution in [2.24, 2.45) is 0 Å². The summed E-state index contributed by atoms with van der Waals surface area (Å²) in [6, 6.07) is 17.5. The second kappa shape index (κ2) is 13.6. The highest BCUT2D eigenvalue weighted by atomic mass is 35.5. The Morgan fingerprint density at radius 3 is 2.29 bits per heavy atom. The Hall–Kier alpha value is -3.13. The van der Waals surface area contributed by atoms with Crippen LogP contribution in [0.25, 0.3) is 0 Å². The molecule has 0 atom stereocenters. The first-order valence-electron chi connectivity index (χ1n) is 12.8. The van der Waals surface area contributed by atoms with Gasteiger partial charge in [0.25, 0.3) is 0 Å². The molecule has 5 rings (SSSR count). The number of halogens is 2. The van der Waals surface area contributed by atoms with Gasteiger partial charge in [-0.15, -0.1) is 0 Å². The standard InChI is InChI=1S/C23H27Cl2N3O2.C6H6O2/c24-19-4-3-5-21(23(19)25)28-13-11-27(12-14-28)10-1-2-15-30-18-8-6-17-7-9-22(29)26-20(17)16-18;7-5-1-2-6(8)4-3-5/h3-6,8,16H,1-2,7,9-15H2,(H,26,29);1-4,7-8H.